The number of amides is 1. The van der Waals surface area contributed by atoms with Gasteiger partial charge in [-0.15, -0.1) is 0 Å². The third kappa shape index (κ3) is 1.96. The molecule has 0 radical (unpaired) electrons. The summed E-state index contributed by atoms with van der Waals surface area (Å²) in [6.45, 7) is 1.69. The Morgan fingerprint density at radius 1 is 1.22 bits per heavy atom. The second-order valence-corrected chi connectivity index (χ2v) is 5.61. The molecule has 96 valence electrons. The highest BCUT2D eigenvalue weighted by atomic mass is 16.2. The minimum Gasteiger partial charge on any atom is -0.337 e. The molecule has 2 fully saturated rings. The molecule has 1 saturated carbocycles. The van der Waals surface area contributed by atoms with Crippen molar-refractivity contribution in [2.24, 2.45) is 5.41 Å². The van der Waals surface area contributed by atoms with Crippen LogP contribution < -0.4 is 5.56 Å². The molecule has 1 saturated heterocycles. The van der Waals surface area contributed by atoms with Crippen molar-refractivity contribution in [2.45, 2.75) is 32.1 Å². The van der Waals surface area contributed by atoms with Gasteiger partial charge in [-0.25, -0.2) is 0 Å². The van der Waals surface area contributed by atoms with Gasteiger partial charge in [-0.3, -0.25) is 9.59 Å². The van der Waals surface area contributed by atoms with Crippen LogP contribution in [0.25, 0.3) is 0 Å². The van der Waals surface area contributed by atoms with Gasteiger partial charge in [0.25, 0.3) is 5.91 Å². The molecular weight excluding hydrogens is 228 g/mol. The highest BCUT2D eigenvalue weighted by Gasteiger charge is 2.41. The number of likely N-dealkylation sites (tertiary alicyclic amines) is 1. The van der Waals surface area contributed by atoms with Gasteiger partial charge in [0.2, 0.25) is 5.56 Å². The SMILES string of the molecule is O=C(c1cccc(=O)[nH]1)N1CCC2(CCCC2)C1. The predicted molar refractivity (Wildman–Crippen MR) is 68.5 cm³/mol. The van der Waals surface area contributed by atoms with E-state index in [1.54, 1.807) is 12.1 Å². The lowest BCUT2D eigenvalue weighted by atomic mass is 9.86. The monoisotopic (exact) mass is 246 g/mol. The molecule has 1 aromatic rings. The summed E-state index contributed by atoms with van der Waals surface area (Å²) in [7, 11) is 0. The Hall–Kier alpha value is -1.58. The number of nitrogens with zero attached hydrogens (tertiary/aromatic N) is 1. The van der Waals surface area contributed by atoms with E-state index in [0.29, 0.717) is 11.1 Å². The van der Waals surface area contributed by atoms with Crippen LogP contribution in [0.5, 0.6) is 0 Å². The zero-order chi connectivity index (χ0) is 12.6. The highest BCUT2D eigenvalue weighted by Crippen LogP contribution is 2.45. The van der Waals surface area contributed by atoms with E-state index in [2.05, 4.69) is 4.98 Å². The summed E-state index contributed by atoms with van der Waals surface area (Å²) in [4.78, 5) is 28.0. The standard InChI is InChI=1S/C14H18N2O2/c17-12-5-3-4-11(15-12)13(18)16-9-8-14(10-16)6-1-2-7-14/h3-5H,1-2,6-10H2,(H,15,17). The molecular formula is C14H18N2O2. The summed E-state index contributed by atoms with van der Waals surface area (Å²) in [6, 6.07) is 4.75. The first-order chi connectivity index (χ1) is 8.69. The molecule has 2 aliphatic rings. The zero-order valence-electron chi connectivity index (χ0n) is 10.4. The minimum absolute atomic E-state index is 0.0310. The largest absolute Gasteiger partial charge is 0.337 e. The van der Waals surface area contributed by atoms with Gasteiger partial charge in [0.1, 0.15) is 5.69 Å². The molecule has 18 heavy (non-hydrogen) atoms. The van der Waals surface area contributed by atoms with E-state index >= 15 is 0 Å². The van der Waals surface area contributed by atoms with Gasteiger partial charge in [0, 0.05) is 19.2 Å². The van der Waals surface area contributed by atoms with Gasteiger partial charge in [0.15, 0.2) is 0 Å². The van der Waals surface area contributed by atoms with Crippen LogP contribution >= 0.6 is 0 Å². The molecule has 0 bridgehead atoms. The molecule has 1 amide bonds. The number of carbonyl (C=O) groups excluding carboxylic acids is 1. The van der Waals surface area contributed by atoms with Crippen LogP contribution in [0, 0.1) is 5.41 Å². The quantitative estimate of drug-likeness (QED) is 0.821. The van der Waals surface area contributed by atoms with Gasteiger partial charge >= 0.3 is 0 Å². The van der Waals surface area contributed by atoms with Gasteiger partial charge in [-0.2, -0.15) is 0 Å². The lowest BCUT2D eigenvalue weighted by Crippen LogP contribution is -2.32. The number of hydrogen-bond donors (Lipinski definition) is 1. The van der Waals surface area contributed by atoms with Crippen molar-refractivity contribution in [3.05, 3.63) is 34.2 Å². The van der Waals surface area contributed by atoms with Crippen LogP contribution in [-0.2, 0) is 0 Å². The average Bonchev–Trinajstić information content (AvgIpc) is 3.00. The van der Waals surface area contributed by atoms with Crippen LogP contribution in [0.15, 0.2) is 23.0 Å². The van der Waals surface area contributed by atoms with Crippen molar-refractivity contribution < 1.29 is 4.79 Å². The molecule has 1 aliphatic heterocycles. The Kier molecular flexibility index (Phi) is 2.73. The number of pyridine rings is 1. The average molecular weight is 246 g/mol. The number of nitrogens with one attached hydrogen (secondary N) is 1. The fourth-order valence-corrected chi connectivity index (χ4v) is 3.38. The molecule has 4 heteroatoms. The Labute approximate surface area is 106 Å². The van der Waals surface area contributed by atoms with E-state index in [4.69, 9.17) is 0 Å². The third-order valence-corrected chi connectivity index (χ3v) is 4.39. The first kappa shape index (κ1) is 11.5. The van der Waals surface area contributed by atoms with E-state index in [1.165, 1.54) is 31.7 Å². The number of H-pyrrole nitrogens is 1. The second-order valence-electron chi connectivity index (χ2n) is 5.61. The third-order valence-electron chi connectivity index (χ3n) is 4.39. The van der Waals surface area contributed by atoms with Crippen molar-refractivity contribution in [1.82, 2.24) is 9.88 Å². The normalized spacial score (nSPS) is 21.7. The van der Waals surface area contributed by atoms with Gasteiger partial charge < -0.3 is 9.88 Å². The number of rotatable bonds is 1. The van der Waals surface area contributed by atoms with Crippen molar-refractivity contribution in [1.29, 1.82) is 0 Å². The lowest BCUT2D eigenvalue weighted by molar-refractivity contribution is 0.0767. The number of aromatic nitrogens is 1. The number of aromatic amines is 1. The van der Waals surface area contributed by atoms with Crippen LogP contribution in [0.3, 0.4) is 0 Å². The maximum atomic E-state index is 12.3. The van der Waals surface area contributed by atoms with Crippen LogP contribution in [0.4, 0.5) is 0 Å². The van der Waals surface area contributed by atoms with Crippen LogP contribution in [-0.4, -0.2) is 28.9 Å². The van der Waals surface area contributed by atoms with Crippen molar-refractivity contribution in [2.75, 3.05) is 13.1 Å². The highest BCUT2D eigenvalue weighted by molar-refractivity contribution is 5.92. The van der Waals surface area contributed by atoms with E-state index < -0.39 is 0 Å². The van der Waals surface area contributed by atoms with E-state index in [9.17, 15) is 9.59 Å². The van der Waals surface area contributed by atoms with Gasteiger partial charge in [-0.05, 0) is 30.7 Å². The Morgan fingerprint density at radius 3 is 2.72 bits per heavy atom. The maximum absolute atomic E-state index is 12.3. The number of hydrogen-bond acceptors (Lipinski definition) is 2. The summed E-state index contributed by atoms with van der Waals surface area (Å²) in [5.41, 5.74) is 0.582. The van der Waals surface area contributed by atoms with Crippen LogP contribution in [0.1, 0.15) is 42.6 Å². The maximum Gasteiger partial charge on any atom is 0.270 e. The van der Waals surface area contributed by atoms with Crippen molar-refractivity contribution in [3.63, 3.8) is 0 Å². The van der Waals surface area contributed by atoms with Gasteiger partial charge in [-0.1, -0.05) is 18.9 Å². The topological polar surface area (TPSA) is 53.2 Å². The fourth-order valence-electron chi connectivity index (χ4n) is 3.38. The summed E-state index contributed by atoms with van der Waals surface area (Å²) >= 11 is 0. The molecule has 1 spiro atoms. The summed E-state index contributed by atoms with van der Waals surface area (Å²) in [6.07, 6.45) is 6.22. The first-order valence-electron chi connectivity index (χ1n) is 6.67. The van der Waals surface area contributed by atoms with E-state index in [0.717, 1.165) is 19.5 Å². The summed E-state index contributed by atoms with van der Waals surface area (Å²) in [5.74, 6) is -0.0310. The lowest BCUT2D eigenvalue weighted by Gasteiger charge is -2.23. The van der Waals surface area contributed by atoms with Crippen LogP contribution in [0.2, 0.25) is 0 Å². The van der Waals surface area contributed by atoms with Gasteiger partial charge in [0.05, 0.1) is 0 Å². The minimum atomic E-state index is -0.212. The molecule has 3 rings (SSSR count). The predicted octanol–water partition coefficient (Wildman–Crippen LogP) is 1.78. The van der Waals surface area contributed by atoms with E-state index in [1.807, 2.05) is 4.90 Å². The first-order valence-corrected chi connectivity index (χ1v) is 6.67. The summed E-state index contributed by atoms with van der Waals surface area (Å²) < 4.78 is 0. The summed E-state index contributed by atoms with van der Waals surface area (Å²) in [5, 5.41) is 0. The molecule has 1 aliphatic carbocycles. The van der Waals surface area contributed by atoms with E-state index in [-0.39, 0.29) is 11.5 Å². The molecule has 2 heterocycles. The smallest absolute Gasteiger partial charge is 0.270 e. The molecule has 0 unspecified atom stereocenters. The molecule has 1 aromatic heterocycles. The molecule has 0 aromatic carbocycles. The van der Waals surface area contributed by atoms with Crippen molar-refractivity contribution in [3.8, 4) is 0 Å². The Balaban J connectivity index is 1.76. The Morgan fingerprint density at radius 2 is 2.00 bits per heavy atom. The molecule has 1 N–H and O–H groups in total. The molecule has 0 atom stereocenters. The second kappa shape index (κ2) is 4.26. The number of carbonyl (C=O) groups is 1. The van der Waals surface area contributed by atoms with Crippen molar-refractivity contribution >= 4 is 5.91 Å². The molecule has 4 nitrogen and oxygen atoms in total. The Bertz CT molecular complexity index is 515. The fraction of sp³-hybridized carbons (Fsp3) is 0.571. The zero-order valence-corrected chi connectivity index (χ0v) is 10.4.